The van der Waals surface area contributed by atoms with Crippen LogP contribution in [0.5, 0.6) is 0 Å². The van der Waals surface area contributed by atoms with Crippen LogP contribution < -0.4 is 0 Å². The molecule has 3 rings (SSSR count). The van der Waals surface area contributed by atoms with Crippen LogP contribution in [0.15, 0.2) is 54.6 Å². The van der Waals surface area contributed by atoms with E-state index in [0.717, 1.165) is 38.8 Å². The Kier molecular flexibility index (Phi) is 4.34. The van der Waals surface area contributed by atoms with Crippen LogP contribution in [0, 0.1) is 5.92 Å². The summed E-state index contributed by atoms with van der Waals surface area (Å²) in [6, 6.07) is 19.4. The number of amides is 1. The first-order valence-electron chi connectivity index (χ1n) is 7.69. The van der Waals surface area contributed by atoms with E-state index in [9.17, 15) is 4.79 Å². The number of rotatable bonds is 4. The van der Waals surface area contributed by atoms with E-state index < -0.39 is 0 Å². The van der Waals surface area contributed by atoms with Crippen molar-refractivity contribution in [2.45, 2.75) is 19.3 Å². The van der Waals surface area contributed by atoms with E-state index in [4.69, 9.17) is 0 Å². The highest BCUT2D eigenvalue weighted by molar-refractivity contribution is 5.63. The molecule has 21 heavy (non-hydrogen) atoms. The summed E-state index contributed by atoms with van der Waals surface area (Å²) in [6.07, 6.45) is 4.35. The highest BCUT2D eigenvalue weighted by Crippen LogP contribution is 2.23. The zero-order valence-electron chi connectivity index (χ0n) is 12.2. The van der Waals surface area contributed by atoms with Gasteiger partial charge in [0.2, 0.25) is 6.41 Å². The van der Waals surface area contributed by atoms with Gasteiger partial charge in [0, 0.05) is 13.1 Å². The third-order valence-corrected chi connectivity index (χ3v) is 4.38. The van der Waals surface area contributed by atoms with Gasteiger partial charge in [0.05, 0.1) is 0 Å². The van der Waals surface area contributed by atoms with Crippen LogP contribution in [0.25, 0.3) is 11.1 Å². The Balaban J connectivity index is 1.61. The number of piperidine rings is 1. The van der Waals surface area contributed by atoms with Crippen LogP contribution >= 0.6 is 0 Å². The van der Waals surface area contributed by atoms with Crippen LogP contribution in [0.4, 0.5) is 0 Å². The third kappa shape index (κ3) is 3.52. The molecule has 1 saturated heterocycles. The van der Waals surface area contributed by atoms with Crippen LogP contribution in [0.1, 0.15) is 18.4 Å². The van der Waals surface area contributed by atoms with Crippen LogP contribution in [-0.4, -0.2) is 24.4 Å². The van der Waals surface area contributed by atoms with Crippen molar-refractivity contribution in [3.63, 3.8) is 0 Å². The van der Waals surface area contributed by atoms with Crippen LogP contribution in [0.2, 0.25) is 0 Å². The molecule has 1 fully saturated rings. The van der Waals surface area contributed by atoms with Gasteiger partial charge in [-0.1, -0.05) is 54.6 Å². The topological polar surface area (TPSA) is 20.3 Å². The van der Waals surface area contributed by atoms with Crippen LogP contribution in [0.3, 0.4) is 0 Å². The summed E-state index contributed by atoms with van der Waals surface area (Å²) in [5.74, 6) is 0.712. The molecule has 1 aliphatic heterocycles. The molecule has 2 nitrogen and oxygen atoms in total. The second-order valence-electron chi connectivity index (χ2n) is 5.85. The molecule has 2 heteroatoms. The maximum Gasteiger partial charge on any atom is 0.209 e. The van der Waals surface area contributed by atoms with Gasteiger partial charge in [-0.2, -0.15) is 0 Å². The fourth-order valence-electron chi connectivity index (χ4n) is 3.06. The van der Waals surface area contributed by atoms with E-state index >= 15 is 0 Å². The van der Waals surface area contributed by atoms with Gasteiger partial charge >= 0.3 is 0 Å². The molecule has 1 amide bonds. The number of carbonyl (C=O) groups excluding carboxylic acids is 1. The van der Waals surface area contributed by atoms with Crippen molar-refractivity contribution in [2.75, 3.05) is 13.1 Å². The summed E-state index contributed by atoms with van der Waals surface area (Å²) in [6.45, 7) is 1.83. The number of hydrogen-bond donors (Lipinski definition) is 0. The Morgan fingerprint density at radius 1 is 0.905 bits per heavy atom. The molecule has 2 aromatic carbocycles. The molecule has 0 saturated carbocycles. The van der Waals surface area contributed by atoms with Gasteiger partial charge in [0.15, 0.2) is 0 Å². The summed E-state index contributed by atoms with van der Waals surface area (Å²) in [5, 5.41) is 0. The zero-order valence-corrected chi connectivity index (χ0v) is 12.2. The Hall–Kier alpha value is -2.09. The van der Waals surface area contributed by atoms with E-state index in [1.807, 2.05) is 11.0 Å². The molecular weight excluding hydrogens is 258 g/mol. The van der Waals surface area contributed by atoms with Crippen LogP contribution in [-0.2, 0) is 11.2 Å². The number of carbonyl (C=O) groups is 1. The molecule has 0 spiro atoms. The molecule has 0 bridgehead atoms. The van der Waals surface area contributed by atoms with Gasteiger partial charge in [-0.3, -0.25) is 4.79 Å². The molecule has 0 aromatic heterocycles. The van der Waals surface area contributed by atoms with Gasteiger partial charge < -0.3 is 4.90 Å². The Labute approximate surface area is 126 Å². The molecule has 0 atom stereocenters. The molecule has 108 valence electrons. The summed E-state index contributed by atoms with van der Waals surface area (Å²) in [5.41, 5.74) is 3.94. The molecule has 0 radical (unpaired) electrons. The molecule has 0 aliphatic carbocycles. The SMILES string of the molecule is O=CN1CCC(Cc2ccc(-c3ccccc3)cc2)CC1. The first kappa shape index (κ1) is 13.9. The Morgan fingerprint density at radius 3 is 2.14 bits per heavy atom. The fraction of sp³-hybridized carbons (Fsp3) is 0.316. The summed E-state index contributed by atoms with van der Waals surface area (Å²) in [7, 11) is 0. The average molecular weight is 279 g/mol. The smallest absolute Gasteiger partial charge is 0.209 e. The lowest BCUT2D eigenvalue weighted by Crippen LogP contribution is -2.33. The summed E-state index contributed by atoms with van der Waals surface area (Å²) >= 11 is 0. The van der Waals surface area contributed by atoms with Crippen molar-refractivity contribution in [1.29, 1.82) is 0 Å². The third-order valence-electron chi connectivity index (χ3n) is 4.38. The lowest BCUT2D eigenvalue weighted by Gasteiger charge is -2.29. The molecular formula is C19H21NO. The normalized spacial score (nSPS) is 15.9. The van der Waals surface area contributed by atoms with E-state index in [0.29, 0.717) is 5.92 Å². The minimum Gasteiger partial charge on any atom is -0.345 e. The number of nitrogens with zero attached hydrogens (tertiary/aromatic N) is 1. The van der Waals surface area contributed by atoms with Crippen molar-refractivity contribution in [2.24, 2.45) is 5.92 Å². The quantitative estimate of drug-likeness (QED) is 0.780. The predicted octanol–water partition coefficient (Wildman–Crippen LogP) is 3.76. The molecule has 0 unspecified atom stereocenters. The maximum atomic E-state index is 10.7. The van der Waals surface area contributed by atoms with Gasteiger partial charge in [0.1, 0.15) is 0 Å². The summed E-state index contributed by atoms with van der Waals surface area (Å²) in [4.78, 5) is 12.6. The van der Waals surface area contributed by atoms with Crippen molar-refractivity contribution < 1.29 is 4.79 Å². The lowest BCUT2D eigenvalue weighted by molar-refractivity contribution is -0.119. The molecule has 1 aliphatic rings. The minimum atomic E-state index is 0.712. The second-order valence-corrected chi connectivity index (χ2v) is 5.85. The van der Waals surface area contributed by atoms with E-state index in [-0.39, 0.29) is 0 Å². The average Bonchev–Trinajstić information content (AvgIpc) is 2.57. The fourth-order valence-corrected chi connectivity index (χ4v) is 3.06. The largest absolute Gasteiger partial charge is 0.345 e. The lowest BCUT2D eigenvalue weighted by atomic mass is 9.90. The minimum absolute atomic E-state index is 0.712. The van der Waals surface area contributed by atoms with Gasteiger partial charge in [-0.05, 0) is 41.9 Å². The molecule has 0 N–H and O–H groups in total. The van der Waals surface area contributed by atoms with E-state index in [1.54, 1.807) is 0 Å². The van der Waals surface area contributed by atoms with Gasteiger partial charge in [0.25, 0.3) is 0 Å². The number of likely N-dealkylation sites (tertiary alicyclic amines) is 1. The number of hydrogen-bond acceptors (Lipinski definition) is 1. The van der Waals surface area contributed by atoms with Gasteiger partial charge in [-0.15, -0.1) is 0 Å². The zero-order chi connectivity index (χ0) is 14.5. The van der Waals surface area contributed by atoms with Gasteiger partial charge in [-0.25, -0.2) is 0 Å². The van der Waals surface area contributed by atoms with Crippen molar-refractivity contribution in [1.82, 2.24) is 4.90 Å². The highest BCUT2D eigenvalue weighted by atomic mass is 16.1. The maximum absolute atomic E-state index is 10.7. The van der Waals surface area contributed by atoms with Crippen molar-refractivity contribution in [3.05, 3.63) is 60.2 Å². The standard InChI is InChI=1S/C19H21NO/c21-15-20-12-10-17(11-13-20)14-16-6-8-19(9-7-16)18-4-2-1-3-5-18/h1-9,15,17H,10-14H2. The first-order chi connectivity index (χ1) is 10.3. The first-order valence-corrected chi connectivity index (χ1v) is 7.69. The molecule has 1 heterocycles. The second kappa shape index (κ2) is 6.57. The highest BCUT2D eigenvalue weighted by Gasteiger charge is 2.18. The monoisotopic (exact) mass is 279 g/mol. The summed E-state index contributed by atoms with van der Waals surface area (Å²) < 4.78 is 0. The predicted molar refractivity (Wildman–Crippen MR) is 85.9 cm³/mol. The van der Waals surface area contributed by atoms with E-state index in [2.05, 4.69) is 48.5 Å². The van der Waals surface area contributed by atoms with Crippen molar-refractivity contribution >= 4 is 6.41 Å². The molecule has 2 aromatic rings. The Bertz CT molecular complexity index is 568. The van der Waals surface area contributed by atoms with Crippen molar-refractivity contribution in [3.8, 4) is 11.1 Å². The Morgan fingerprint density at radius 2 is 1.52 bits per heavy atom. The number of benzene rings is 2. The van der Waals surface area contributed by atoms with E-state index in [1.165, 1.54) is 16.7 Å².